The van der Waals surface area contributed by atoms with Crippen LogP contribution >= 0.6 is 0 Å². The Kier molecular flexibility index (Phi) is 4.49. The molecule has 0 aromatic rings. The molecule has 0 aliphatic carbocycles. The zero-order valence-corrected chi connectivity index (χ0v) is 5.46. The van der Waals surface area contributed by atoms with E-state index in [1.807, 2.05) is 24.1 Å². The Bertz CT molecular complexity index is 139. The van der Waals surface area contributed by atoms with Crippen LogP contribution < -0.4 is 0 Å². The summed E-state index contributed by atoms with van der Waals surface area (Å²) in [7, 11) is 1.82. The first-order chi connectivity index (χ1) is 4.31. The molecule has 0 aromatic carbocycles. The lowest BCUT2D eigenvalue weighted by Crippen LogP contribution is -2.19. The van der Waals surface area contributed by atoms with E-state index < -0.39 is 0 Å². The predicted octanol–water partition coefficient (Wildman–Crippen LogP) is 0.355. The van der Waals surface area contributed by atoms with Crippen molar-refractivity contribution in [3.63, 3.8) is 0 Å². The molecule has 3 heteroatoms. The summed E-state index contributed by atoms with van der Waals surface area (Å²) in [6.07, 6.45) is 0.498. The highest BCUT2D eigenvalue weighted by molar-refractivity contribution is 4.77. The molecule has 0 aliphatic rings. The SMILES string of the molecule is CN(CC#N)CCC#N. The fourth-order valence-corrected chi connectivity index (χ4v) is 0.441. The van der Waals surface area contributed by atoms with E-state index in [2.05, 4.69) is 0 Å². The molecule has 0 radical (unpaired) electrons. The second kappa shape index (κ2) is 5.08. The molecule has 48 valence electrons. The Morgan fingerprint density at radius 3 is 2.44 bits per heavy atom. The zero-order valence-electron chi connectivity index (χ0n) is 5.46. The van der Waals surface area contributed by atoms with E-state index >= 15 is 0 Å². The summed E-state index contributed by atoms with van der Waals surface area (Å²) >= 11 is 0. The molecule has 0 saturated carbocycles. The van der Waals surface area contributed by atoms with Gasteiger partial charge >= 0.3 is 0 Å². The monoisotopic (exact) mass is 123 g/mol. The van der Waals surface area contributed by atoms with Gasteiger partial charge in [-0.15, -0.1) is 0 Å². The number of hydrogen-bond donors (Lipinski definition) is 0. The van der Waals surface area contributed by atoms with Crippen LogP contribution in [0.4, 0.5) is 0 Å². The van der Waals surface area contributed by atoms with E-state index in [1.165, 1.54) is 0 Å². The minimum absolute atomic E-state index is 0.404. The van der Waals surface area contributed by atoms with Gasteiger partial charge in [0.2, 0.25) is 0 Å². The Morgan fingerprint density at radius 1 is 1.33 bits per heavy atom. The van der Waals surface area contributed by atoms with Crippen molar-refractivity contribution in [2.75, 3.05) is 20.1 Å². The van der Waals surface area contributed by atoms with Gasteiger partial charge in [-0.3, -0.25) is 4.90 Å². The summed E-state index contributed by atoms with van der Waals surface area (Å²) in [4.78, 5) is 1.81. The first-order valence-electron chi connectivity index (χ1n) is 2.73. The Labute approximate surface area is 55.1 Å². The molecule has 0 heterocycles. The average Bonchev–Trinajstić information content (AvgIpc) is 1.85. The van der Waals surface area contributed by atoms with Crippen molar-refractivity contribution in [2.24, 2.45) is 0 Å². The minimum atomic E-state index is 0.404. The van der Waals surface area contributed by atoms with E-state index in [0.717, 1.165) is 0 Å². The third kappa shape index (κ3) is 4.80. The van der Waals surface area contributed by atoms with Gasteiger partial charge in [-0.1, -0.05) is 0 Å². The van der Waals surface area contributed by atoms with Gasteiger partial charge < -0.3 is 0 Å². The molecular weight excluding hydrogens is 114 g/mol. The van der Waals surface area contributed by atoms with E-state index in [-0.39, 0.29) is 0 Å². The van der Waals surface area contributed by atoms with Crippen molar-refractivity contribution in [3.05, 3.63) is 0 Å². The molecule has 0 spiro atoms. The zero-order chi connectivity index (χ0) is 7.11. The van der Waals surface area contributed by atoms with Gasteiger partial charge in [0.15, 0.2) is 0 Å². The smallest absolute Gasteiger partial charge is 0.0863 e. The number of hydrogen-bond acceptors (Lipinski definition) is 3. The average molecular weight is 123 g/mol. The standard InChI is InChI=1S/C6H9N3/c1-9(6-4-8)5-2-3-7/h2,5-6H2,1H3. The van der Waals surface area contributed by atoms with Gasteiger partial charge in [-0.2, -0.15) is 10.5 Å². The highest BCUT2D eigenvalue weighted by atomic mass is 15.1. The first-order valence-corrected chi connectivity index (χ1v) is 2.73. The van der Waals surface area contributed by atoms with E-state index in [4.69, 9.17) is 10.5 Å². The molecule has 0 aliphatic heterocycles. The molecule has 0 fully saturated rings. The summed E-state index contributed by atoms with van der Waals surface area (Å²) in [6, 6.07) is 4.00. The van der Waals surface area contributed by atoms with Crippen LogP contribution in [0, 0.1) is 22.7 Å². The van der Waals surface area contributed by atoms with Crippen molar-refractivity contribution in [3.8, 4) is 12.1 Å². The van der Waals surface area contributed by atoms with Crippen LogP contribution in [0.3, 0.4) is 0 Å². The van der Waals surface area contributed by atoms with E-state index in [0.29, 0.717) is 19.5 Å². The molecular formula is C6H9N3. The van der Waals surface area contributed by atoms with Crippen molar-refractivity contribution < 1.29 is 0 Å². The molecule has 9 heavy (non-hydrogen) atoms. The third-order valence-corrected chi connectivity index (χ3v) is 0.946. The largest absolute Gasteiger partial charge is 0.293 e. The first kappa shape index (κ1) is 7.94. The maximum Gasteiger partial charge on any atom is 0.0863 e. The van der Waals surface area contributed by atoms with Gasteiger partial charge in [-0.25, -0.2) is 0 Å². The molecule has 0 atom stereocenters. The Hall–Kier alpha value is -1.06. The van der Waals surface area contributed by atoms with E-state index in [9.17, 15) is 0 Å². The lowest BCUT2D eigenvalue weighted by Gasteiger charge is -2.07. The van der Waals surface area contributed by atoms with Gasteiger partial charge in [-0.05, 0) is 7.05 Å². The van der Waals surface area contributed by atoms with Gasteiger partial charge in [0, 0.05) is 13.0 Å². The Balaban J connectivity index is 3.21. The number of nitriles is 2. The molecule has 3 nitrogen and oxygen atoms in total. The Morgan fingerprint density at radius 2 is 2.00 bits per heavy atom. The summed E-state index contributed by atoms with van der Waals surface area (Å²) in [5.74, 6) is 0. The third-order valence-electron chi connectivity index (χ3n) is 0.946. The number of rotatable bonds is 3. The fourth-order valence-electron chi connectivity index (χ4n) is 0.441. The van der Waals surface area contributed by atoms with Crippen LogP contribution in [0.2, 0.25) is 0 Å². The van der Waals surface area contributed by atoms with Crippen LogP contribution in [0.1, 0.15) is 6.42 Å². The molecule has 0 unspecified atom stereocenters. The van der Waals surface area contributed by atoms with Gasteiger partial charge in [0.05, 0.1) is 18.7 Å². The van der Waals surface area contributed by atoms with Crippen molar-refractivity contribution in [1.29, 1.82) is 10.5 Å². The molecule has 0 aromatic heterocycles. The summed E-state index contributed by atoms with van der Waals surface area (Å²) < 4.78 is 0. The van der Waals surface area contributed by atoms with Crippen LogP contribution in [0.15, 0.2) is 0 Å². The minimum Gasteiger partial charge on any atom is -0.293 e. The summed E-state index contributed by atoms with van der Waals surface area (Å²) in [6.45, 7) is 1.09. The maximum atomic E-state index is 8.16. The van der Waals surface area contributed by atoms with Crippen molar-refractivity contribution >= 4 is 0 Å². The van der Waals surface area contributed by atoms with Gasteiger partial charge in [0.25, 0.3) is 0 Å². The quantitative estimate of drug-likeness (QED) is 0.509. The maximum absolute atomic E-state index is 8.16. The highest BCUT2D eigenvalue weighted by Gasteiger charge is 1.92. The van der Waals surface area contributed by atoms with E-state index in [1.54, 1.807) is 0 Å². The molecule has 0 bridgehead atoms. The molecule has 0 rings (SSSR count). The van der Waals surface area contributed by atoms with Crippen LogP contribution in [0.25, 0.3) is 0 Å². The lowest BCUT2D eigenvalue weighted by atomic mass is 10.4. The second-order valence-corrected chi connectivity index (χ2v) is 1.80. The fraction of sp³-hybridized carbons (Fsp3) is 0.667. The van der Waals surface area contributed by atoms with Crippen LogP contribution in [0.5, 0.6) is 0 Å². The molecule has 0 N–H and O–H groups in total. The predicted molar refractivity (Wildman–Crippen MR) is 33.3 cm³/mol. The number of nitrogens with zero attached hydrogens (tertiary/aromatic N) is 3. The highest BCUT2D eigenvalue weighted by Crippen LogP contribution is 1.82. The normalized spacial score (nSPS) is 8.44. The van der Waals surface area contributed by atoms with Crippen molar-refractivity contribution in [2.45, 2.75) is 6.42 Å². The van der Waals surface area contributed by atoms with Crippen LogP contribution in [-0.2, 0) is 0 Å². The summed E-state index contributed by atoms with van der Waals surface area (Å²) in [5, 5.41) is 16.3. The lowest BCUT2D eigenvalue weighted by molar-refractivity contribution is 0.384. The van der Waals surface area contributed by atoms with Gasteiger partial charge in [0.1, 0.15) is 0 Å². The topological polar surface area (TPSA) is 50.8 Å². The van der Waals surface area contributed by atoms with Crippen molar-refractivity contribution in [1.82, 2.24) is 4.90 Å². The molecule has 0 saturated heterocycles. The second-order valence-electron chi connectivity index (χ2n) is 1.80. The van der Waals surface area contributed by atoms with Crippen LogP contribution in [-0.4, -0.2) is 25.0 Å². The molecule has 0 amide bonds. The summed E-state index contributed by atoms with van der Waals surface area (Å²) in [5.41, 5.74) is 0.